The Morgan fingerprint density at radius 3 is 1.06 bits per heavy atom. The highest BCUT2D eigenvalue weighted by Gasteiger charge is 2.30. The Bertz CT molecular complexity index is 1140. The van der Waals surface area contributed by atoms with E-state index in [9.17, 15) is 0 Å². The van der Waals surface area contributed by atoms with Crippen molar-refractivity contribution in [1.82, 2.24) is 0 Å². The largest absolute Gasteiger partial charge is 0.195 e. The third-order valence-electron chi connectivity index (χ3n) is 6.70. The maximum Gasteiger partial charge on any atom is 0.108 e. The van der Waals surface area contributed by atoms with Crippen LogP contribution in [0, 0.1) is 0 Å². The second-order valence-electron chi connectivity index (χ2n) is 8.70. The zero-order chi connectivity index (χ0) is 24.3. The second kappa shape index (κ2) is 12.2. The van der Waals surface area contributed by atoms with Crippen LogP contribution in [0.2, 0.25) is 0 Å². The molecule has 0 aromatic heterocycles. The van der Waals surface area contributed by atoms with E-state index >= 15 is 0 Å². The predicted octanol–water partition coefficient (Wildman–Crippen LogP) is 5.50. The van der Waals surface area contributed by atoms with Gasteiger partial charge in [0, 0.05) is 0 Å². The van der Waals surface area contributed by atoms with Crippen LogP contribution in [0.4, 0.5) is 0 Å². The van der Waals surface area contributed by atoms with Gasteiger partial charge in [-0.15, -0.1) is 0 Å². The molecule has 2 heteroatoms. The maximum atomic E-state index is 3.69. The maximum absolute atomic E-state index is 3.69. The van der Waals surface area contributed by atoms with Gasteiger partial charge in [-0.2, -0.15) is 21.9 Å². The average Bonchev–Trinajstić information content (AvgIpc) is 2.96. The van der Waals surface area contributed by atoms with Crippen LogP contribution in [-0.2, 0) is 6.16 Å². The van der Waals surface area contributed by atoms with Crippen molar-refractivity contribution in [3.8, 4) is 0 Å². The molecule has 0 aliphatic heterocycles. The van der Waals surface area contributed by atoms with E-state index in [1.165, 1.54) is 33.0 Å². The summed E-state index contributed by atoms with van der Waals surface area (Å²) in [4.78, 5) is 0. The van der Waals surface area contributed by atoms with Gasteiger partial charge in [-0.1, -0.05) is 158 Å². The van der Waals surface area contributed by atoms with E-state index in [1.54, 1.807) is 0 Å². The molecule has 0 fully saturated rings. The molecule has 0 amide bonds. The van der Waals surface area contributed by atoms with Crippen molar-refractivity contribution in [2.24, 2.45) is 0 Å². The molecule has 0 nitrogen and oxygen atoms in total. The minimum absolute atomic E-state index is 1.14. The van der Waals surface area contributed by atoms with Crippen molar-refractivity contribution >= 4 is 43.3 Å². The van der Waals surface area contributed by atoms with Crippen LogP contribution in [0.3, 0.4) is 0 Å². The molecule has 172 valence electrons. The van der Waals surface area contributed by atoms with Crippen molar-refractivity contribution < 1.29 is 0 Å². The highest BCUT2D eigenvalue weighted by atomic mass is 31.0. The molecule has 0 saturated carbocycles. The number of hydrogen-bond donors (Lipinski definition) is 0. The van der Waals surface area contributed by atoms with E-state index < -0.39 is 6.15 Å². The van der Waals surface area contributed by atoms with Crippen LogP contribution in [0.15, 0.2) is 152 Å². The standard InChI is InChI=1S/C24H20B.C9H11P/c1-5-13-21(14-6-1)25(22-15-7-2-8-16-22,23-17-9-3-10-18-23)24-19-11-4-12-20-24;1-2-8-3-5-9(7-10)6-4-8/h1-20H;2-6H,1,7,10H2/q-1;/p+1. The van der Waals surface area contributed by atoms with Crippen LogP contribution < -0.4 is 21.9 Å². The molecule has 5 aromatic rings. The van der Waals surface area contributed by atoms with E-state index in [1.807, 2.05) is 15.3 Å². The van der Waals surface area contributed by atoms with E-state index in [-0.39, 0.29) is 0 Å². The molecule has 5 rings (SSSR count). The van der Waals surface area contributed by atoms with Crippen LogP contribution >= 0.6 is 9.24 Å². The summed E-state index contributed by atoms with van der Waals surface area (Å²) < 4.78 is 0. The van der Waals surface area contributed by atoms with Gasteiger partial charge in [-0.25, -0.2) is 0 Å². The zero-order valence-corrected chi connectivity index (χ0v) is 21.5. The molecule has 1 atom stereocenters. The lowest BCUT2D eigenvalue weighted by atomic mass is 9.13. The normalized spacial score (nSPS) is 10.7. The van der Waals surface area contributed by atoms with Gasteiger partial charge in [0.1, 0.15) is 6.15 Å². The molecule has 1 unspecified atom stereocenters. The van der Waals surface area contributed by atoms with Gasteiger partial charge < -0.3 is 0 Å². The summed E-state index contributed by atoms with van der Waals surface area (Å²) in [6.45, 7) is 3.69. The quantitative estimate of drug-likeness (QED) is 0.227. The highest BCUT2D eigenvalue weighted by molar-refractivity contribution is 7.19. The van der Waals surface area contributed by atoms with Gasteiger partial charge in [0.2, 0.25) is 0 Å². The molecule has 35 heavy (non-hydrogen) atoms. The van der Waals surface area contributed by atoms with Crippen LogP contribution in [-0.4, -0.2) is 6.15 Å². The van der Waals surface area contributed by atoms with E-state index in [2.05, 4.69) is 152 Å². The fraction of sp³-hybridized carbons (Fsp3) is 0.0303. The Morgan fingerprint density at radius 1 is 0.486 bits per heavy atom. The third kappa shape index (κ3) is 5.53. The molecule has 0 aliphatic rings. The fourth-order valence-electron chi connectivity index (χ4n) is 4.94. The van der Waals surface area contributed by atoms with Crippen molar-refractivity contribution in [3.05, 3.63) is 163 Å². The smallest absolute Gasteiger partial charge is 0.108 e. The Hall–Kier alpha value is -3.67. The van der Waals surface area contributed by atoms with Crippen molar-refractivity contribution in [2.75, 3.05) is 0 Å². The third-order valence-corrected chi connectivity index (χ3v) is 7.28. The number of rotatable bonds is 6. The van der Waals surface area contributed by atoms with Crippen LogP contribution in [0.1, 0.15) is 11.1 Å². The lowest BCUT2D eigenvalue weighted by Crippen LogP contribution is -2.74. The molecule has 0 heterocycles. The molecular formula is C33H32BP. The van der Waals surface area contributed by atoms with E-state index in [0.717, 1.165) is 6.16 Å². The highest BCUT2D eigenvalue weighted by Crippen LogP contribution is 2.09. The Morgan fingerprint density at radius 2 is 0.800 bits per heavy atom. The average molecular weight is 470 g/mol. The number of benzene rings is 5. The summed E-state index contributed by atoms with van der Waals surface area (Å²) >= 11 is 0. The number of hydrogen-bond acceptors (Lipinski definition) is 0. The topological polar surface area (TPSA) is 0 Å². The van der Waals surface area contributed by atoms with Crippen LogP contribution in [0.5, 0.6) is 0 Å². The van der Waals surface area contributed by atoms with Gasteiger partial charge in [0.25, 0.3) is 0 Å². The summed E-state index contributed by atoms with van der Waals surface area (Å²) in [6.07, 6.45) is 1.78. The Kier molecular flexibility index (Phi) is 8.50. The lowest BCUT2D eigenvalue weighted by molar-refractivity contribution is 1.41. The molecule has 5 aromatic carbocycles. The molecule has 0 saturated heterocycles. The Balaban J connectivity index is 0.000000243. The summed E-state index contributed by atoms with van der Waals surface area (Å²) in [5, 5.41) is 0. The monoisotopic (exact) mass is 470 g/mol. The first kappa shape index (κ1) is 24.5. The first-order chi connectivity index (χ1) is 17.3. The van der Waals surface area contributed by atoms with Crippen molar-refractivity contribution in [3.63, 3.8) is 0 Å². The minimum atomic E-state index is -1.22. The summed E-state index contributed by atoms with van der Waals surface area (Å²) in [6, 6.07) is 52.0. The summed E-state index contributed by atoms with van der Waals surface area (Å²) in [7, 11) is 1.97. The van der Waals surface area contributed by atoms with Crippen LogP contribution in [0.25, 0.3) is 6.08 Å². The van der Waals surface area contributed by atoms with Gasteiger partial charge in [-0.05, 0) is 20.4 Å². The molecular weight excluding hydrogens is 438 g/mol. The lowest BCUT2D eigenvalue weighted by Gasteiger charge is -2.44. The predicted molar refractivity (Wildman–Crippen MR) is 161 cm³/mol. The van der Waals surface area contributed by atoms with Crippen molar-refractivity contribution in [1.29, 1.82) is 0 Å². The first-order valence-electron chi connectivity index (χ1n) is 12.2. The molecule has 0 spiro atoms. The van der Waals surface area contributed by atoms with Crippen molar-refractivity contribution in [2.45, 2.75) is 6.16 Å². The fourth-order valence-corrected chi connectivity index (χ4v) is 5.28. The summed E-state index contributed by atoms with van der Waals surface area (Å²) in [5.41, 5.74) is 7.94. The zero-order valence-electron chi connectivity index (χ0n) is 20.1. The minimum Gasteiger partial charge on any atom is -0.195 e. The van der Waals surface area contributed by atoms with E-state index in [0.29, 0.717) is 0 Å². The van der Waals surface area contributed by atoms with Gasteiger partial charge in [0.05, 0.1) is 6.16 Å². The molecule has 0 bridgehead atoms. The van der Waals surface area contributed by atoms with E-state index in [4.69, 9.17) is 0 Å². The van der Waals surface area contributed by atoms with Gasteiger partial charge in [0.15, 0.2) is 0 Å². The Labute approximate surface area is 212 Å². The molecule has 0 aliphatic carbocycles. The SMILES string of the molecule is C=Cc1ccc(C[PH3+])cc1.c1ccc([B-](c2ccccc2)(c2ccccc2)c2ccccc2)cc1. The van der Waals surface area contributed by atoms with Gasteiger partial charge in [-0.3, -0.25) is 0 Å². The molecule has 0 N–H and O–H groups in total. The summed E-state index contributed by atoms with van der Waals surface area (Å²) in [5.74, 6) is 0. The first-order valence-corrected chi connectivity index (χ1v) is 13.2. The van der Waals surface area contributed by atoms with Gasteiger partial charge >= 0.3 is 0 Å². The molecule has 0 radical (unpaired) electrons. The second-order valence-corrected chi connectivity index (χ2v) is 9.20.